The molecule has 0 radical (unpaired) electrons. The summed E-state index contributed by atoms with van der Waals surface area (Å²) in [6, 6.07) is 7.65. The highest BCUT2D eigenvalue weighted by Gasteiger charge is 2.01. The van der Waals surface area contributed by atoms with Gasteiger partial charge >= 0.3 is 6.01 Å². The van der Waals surface area contributed by atoms with Crippen LogP contribution in [0.5, 0.6) is 11.8 Å². The Labute approximate surface area is 91.2 Å². The van der Waals surface area contributed by atoms with E-state index >= 15 is 0 Å². The summed E-state index contributed by atoms with van der Waals surface area (Å²) in [5.74, 6) is 0.683. The number of hydrogen-bond donors (Lipinski definition) is 1. The average Bonchev–Trinajstić information content (AvgIpc) is 2.77. The fraction of sp³-hybridized carbons (Fsp3) is 0. The van der Waals surface area contributed by atoms with Crippen molar-refractivity contribution in [1.29, 1.82) is 0 Å². The lowest BCUT2D eigenvalue weighted by Gasteiger charge is -2.02. The molecular weight excluding hydrogens is 204 g/mol. The van der Waals surface area contributed by atoms with Crippen molar-refractivity contribution < 1.29 is 4.74 Å². The maximum atomic E-state index is 5.49. The summed E-state index contributed by atoms with van der Waals surface area (Å²) in [5, 5.41) is 0. The maximum absolute atomic E-state index is 5.49. The van der Waals surface area contributed by atoms with Gasteiger partial charge in [0.2, 0.25) is 0 Å². The molecule has 0 amide bonds. The Morgan fingerprint density at radius 1 is 1.06 bits per heavy atom. The smallest absolute Gasteiger partial charge is 0.321 e. The molecule has 0 aliphatic heterocycles. The second kappa shape index (κ2) is 3.62. The minimum absolute atomic E-state index is 0.335. The fourth-order valence-electron chi connectivity index (χ4n) is 1.42. The van der Waals surface area contributed by atoms with E-state index in [2.05, 4.69) is 19.9 Å². The van der Waals surface area contributed by atoms with E-state index in [-0.39, 0.29) is 0 Å². The van der Waals surface area contributed by atoms with Gasteiger partial charge in [0.15, 0.2) is 0 Å². The van der Waals surface area contributed by atoms with Crippen molar-refractivity contribution >= 4 is 11.0 Å². The van der Waals surface area contributed by atoms with Gasteiger partial charge in [0.1, 0.15) is 5.75 Å². The highest BCUT2D eigenvalue weighted by atomic mass is 16.5. The Balaban J connectivity index is 1.94. The molecule has 2 aromatic heterocycles. The molecule has 0 aliphatic carbocycles. The van der Waals surface area contributed by atoms with Gasteiger partial charge in [0, 0.05) is 18.5 Å². The number of aromatic nitrogens is 4. The Morgan fingerprint density at radius 3 is 2.81 bits per heavy atom. The average molecular weight is 212 g/mol. The van der Waals surface area contributed by atoms with E-state index in [1.165, 1.54) is 0 Å². The summed E-state index contributed by atoms with van der Waals surface area (Å²) in [7, 11) is 0. The number of fused-ring (bicyclic) bond motifs is 1. The van der Waals surface area contributed by atoms with Crippen LogP contribution in [0.2, 0.25) is 0 Å². The molecule has 0 saturated carbocycles. The van der Waals surface area contributed by atoms with E-state index in [4.69, 9.17) is 4.74 Å². The molecule has 5 heteroatoms. The third-order valence-corrected chi connectivity index (χ3v) is 2.14. The van der Waals surface area contributed by atoms with Gasteiger partial charge in [-0.3, -0.25) is 0 Å². The predicted molar refractivity (Wildman–Crippen MR) is 58.2 cm³/mol. The quantitative estimate of drug-likeness (QED) is 0.706. The molecule has 5 nitrogen and oxygen atoms in total. The topological polar surface area (TPSA) is 63.7 Å². The van der Waals surface area contributed by atoms with Crippen LogP contribution >= 0.6 is 0 Å². The summed E-state index contributed by atoms with van der Waals surface area (Å²) in [6.45, 7) is 0. The maximum Gasteiger partial charge on any atom is 0.321 e. The molecule has 0 aliphatic rings. The zero-order valence-electron chi connectivity index (χ0n) is 8.29. The van der Waals surface area contributed by atoms with Crippen LogP contribution in [0.1, 0.15) is 0 Å². The number of nitrogens with zero attached hydrogens (tertiary/aromatic N) is 3. The van der Waals surface area contributed by atoms with E-state index in [1.54, 1.807) is 24.8 Å². The number of nitrogens with one attached hydrogen (secondary N) is 1. The third kappa shape index (κ3) is 1.58. The Bertz CT molecular complexity index is 605. The first-order valence-corrected chi connectivity index (χ1v) is 4.80. The lowest BCUT2D eigenvalue weighted by Crippen LogP contribution is -1.89. The molecule has 0 saturated heterocycles. The van der Waals surface area contributed by atoms with Crippen molar-refractivity contribution in [3.8, 4) is 11.8 Å². The van der Waals surface area contributed by atoms with Crippen LogP contribution in [0.25, 0.3) is 11.0 Å². The van der Waals surface area contributed by atoms with E-state index < -0.39 is 0 Å². The monoisotopic (exact) mass is 212 g/mol. The summed E-state index contributed by atoms with van der Waals surface area (Å²) in [6.07, 6.45) is 4.92. The third-order valence-electron chi connectivity index (χ3n) is 2.14. The first-order valence-electron chi connectivity index (χ1n) is 4.80. The number of benzene rings is 1. The molecular formula is C11H8N4O. The van der Waals surface area contributed by atoms with E-state index in [1.807, 2.05) is 18.2 Å². The molecule has 3 rings (SSSR count). The molecule has 1 N–H and O–H groups in total. The highest BCUT2D eigenvalue weighted by molar-refractivity contribution is 5.76. The van der Waals surface area contributed by atoms with Gasteiger partial charge in [0.25, 0.3) is 0 Å². The first kappa shape index (κ1) is 8.84. The van der Waals surface area contributed by atoms with Crippen LogP contribution in [0.3, 0.4) is 0 Å². The van der Waals surface area contributed by atoms with Gasteiger partial charge in [0.05, 0.1) is 17.4 Å². The molecule has 78 valence electrons. The largest absolute Gasteiger partial charge is 0.424 e. The van der Waals surface area contributed by atoms with E-state index in [0.29, 0.717) is 11.8 Å². The molecule has 0 atom stereocenters. The van der Waals surface area contributed by atoms with Crippen molar-refractivity contribution in [2.45, 2.75) is 0 Å². The van der Waals surface area contributed by atoms with E-state index in [0.717, 1.165) is 11.0 Å². The van der Waals surface area contributed by atoms with Crippen molar-refractivity contribution in [3.63, 3.8) is 0 Å². The normalized spacial score (nSPS) is 10.5. The lowest BCUT2D eigenvalue weighted by atomic mass is 10.3. The SMILES string of the molecule is c1cnc(Oc2ccc3nc[nH]c3c2)nc1. The molecule has 0 fully saturated rings. The first-order chi connectivity index (χ1) is 7.92. The predicted octanol–water partition coefficient (Wildman–Crippen LogP) is 2.15. The number of ether oxygens (including phenoxy) is 1. The molecule has 0 unspecified atom stereocenters. The lowest BCUT2D eigenvalue weighted by molar-refractivity contribution is 0.442. The minimum atomic E-state index is 0.335. The number of hydrogen-bond acceptors (Lipinski definition) is 4. The molecule has 0 bridgehead atoms. The van der Waals surface area contributed by atoms with E-state index in [9.17, 15) is 0 Å². The zero-order chi connectivity index (χ0) is 10.8. The molecule has 16 heavy (non-hydrogen) atoms. The van der Waals surface area contributed by atoms with Crippen LogP contribution in [0.15, 0.2) is 43.0 Å². The van der Waals surface area contributed by atoms with Gasteiger partial charge < -0.3 is 9.72 Å². The van der Waals surface area contributed by atoms with Crippen molar-refractivity contribution in [3.05, 3.63) is 43.0 Å². The highest BCUT2D eigenvalue weighted by Crippen LogP contribution is 2.21. The summed E-state index contributed by atoms with van der Waals surface area (Å²) < 4.78 is 5.49. The Hall–Kier alpha value is -2.43. The fourth-order valence-corrected chi connectivity index (χ4v) is 1.42. The van der Waals surface area contributed by atoms with Crippen LogP contribution < -0.4 is 4.74 Å². The van der Waals surface area contributed by atoms with Crippen molar-refractivity contribution in [1.82, 2.24) is 19.9 Å². The zero-order valence-corrected chi connectivity index (χ0v) is 8.29. The van der Waals surface area contributed by atoms with Crippen LogP contribution in [0.4, 0.5) is 0 Å². The van der Waals surface area contributed by atoms with Gasteiger partial charge in [-0.25, -0.2) is 15.0 Å². The van der Waals surface area contributed by atoms with Gasteiger partial charge in [-0.15, -0.1) is 0 Å². The van der Waals surface area contributed by atoms with Crippen molar-refractivity contribution in [2.24, 2.45) is 0 Å². The Kier molecular flexibility index (Phi) is 2.00. The molecule has 0 spiro atoms. The number of aromatic amines is 1. The van der Waals surface area contributed by atoms with Gasteiger partial charge in [-0.05, 0) is 18.2 Å². The second-order valence-electron chi connectivity index (χ2n) is 3.21. The number of rotatable bonds is 2. The summed E-state index contributed by atoms with van der Waals surface area (Å²) >= 11 is 0. The minimum Gasteiger partial charge on any atom is -0.424 e. The molecule has 2 heterocycles. The van der Waals surface area contributed by atoms with Crippen molar-refractivity contribution in [2.75, 3.05) is 0 Å². The summed E-state index contributed by atoms with van der Waals surface area (Å²) in [5.41, 5.74) is 1.83. The number of H-pyrrole nitrogens is 1. The van der Waals surface area contributed by atoms with Gasteiger partial charge in [-0.2, -0.15) is 0 Å². The standard InChI is InChI=1S/C11H8N4O/c1-4-12-11(13-5-1)16-8-2-3-9-10(6-8)15-7-14-9/h1-7H,(H,14,15). The van der Waals surface area contributed by atoms with Crippen LogP contribution in [-0.2, 0) is 0 Å². The number of imidazole rings is 1. The second-order valence-corrected chi connectivity index (χ2v) is 3.21. The summed E-state index contributed by atoms with van der Waals surface area (Å²) in [4.78, 5) is 15.1. The molecule has 3 aromatic rings. The Morgan fingerprint density at radius 2 is 1.94 bits per heavy atom. The van der Waals surface area contributed by atoms with Crippen LogP contribution in [-0.4, -0.2) is 19.9 Å². The van der Waals surface area contributed by atoms with Crippen LogP contribution in [0, 0.1) is 0 Å². The van der Waals surface area contributed by atoms with Gasteiger partial charge in [-0.1, -0.05) is 0 Å². The molecule has 1 aromatic carbocycles.